The first kappa shape index (κ1) is 16.4. The summed E-state index contributed by atoms with van der Waals surface area (Å²) in [6.07, 6.45) is -0.688. The van der Waals surface area contributed by atoms with Gasteiger partial charge in [0.25, 0.3) is 5.69 Å². The third-order valence-corrected chi connectivity index (χ3v) is 2.26. The third-order valence-electron chi connectivity index (χ3n) is 2.26. The highest BCUT2D eigenvalue weighted by atomic mass is 16.6. The number of rotatable bonds is 8. The maximum atomic E-state index is 11.3. The van der Waals surface area contributed by atoms with E-state index in [9.17, 15) is 19.7 Å². The van der Waals surface area contributed by atoms with Gasteiger partial charge in [0, 0.05) is 18.7 Å². The van der Waals surface area contributed by atoms with Gasteiger partial charge in [-0.25, -0.2) is 9.59 Å². The molecule has 0 aliphatic heterocycles. The lowest BCUT2D eigenvalue weighted by Gasteiger charge is -2.07. The minimum atomic E-state index is -1.09. The van der Waals surface area contributed by atoms with Crippen molar-refractivity contribution >= 4 is 17.7 Å². The molecule has 0 aromatic heterocycles. The lowest BCUT2D eigenvalue weighted by molar-refractivity contribution is -0.384. The van der Waals surface area contributed by atoms with E-state index in [1.54, 1.807) is 0 Å². The fourth-order valence-corrected chi connectivity index (χ4v) is 1.30. The van der Waals surface area contributed by atoms with Crippen LogP contribution in [0.4, 0.5) is 10.5 Å². The summed E-state index contributed by atoms with van der Waals surface area (Å²) >= 11 is 0. The Hall–Kier alpha value is -2.68. The molecule has 0 saturated heterocycles. The maximum Gasteiger partial charge on any atom is 0.407 e. The van der Waals surface area contributed by atoms with E-state index in [4.69, 9.17) is 14.6 Å². The van der Waals surface area contributed by atoms with Gasteiger partial charge in [-0.05, 0) is 17.7 Å². The van der Waals surface area contributed by atoms with Gasteiger partial charge in [-0.2, -0.15) is 0 Å². The number of hydrogen-bond donors (Lipinski definition) is 2. The molecule has 1 amide bonds. The van der Waals surface area contributed by atoms with Gasteiger partial charge in [-0.15, -0.1) is 0 Å². The van der Waals surface area contributed by atoms with Crippen LogP contribution in [-0.4, -0.2) is 41.9 Å². The van der Waals surface area contributed by atoms with Crippen molar-refractivity contribution in [2.75, 3.05) is 19.8 Å². The summed E-state index contributed by atoms with van der Waals surface area (Å²) in [5.74, 6) is -1.09. The summed E-state index contributed by atoms with van der Waals surface area (Å²) in [6.45, 7) is -0.287. The molecular formula is C12H14N2O7. The molecule has 0 saturated carbocycles. The Balaban J connectivity index is 2.20. The fourth-order valence-electron chi connectivity index (χ4n) is 1.30. The van der Waals surface area contributed by atoms with E-state index in [-0.39, 0.29) is 25.4 Å². The van der Waals surface area contributed by atoms with Crippen molar-refractivity contribution < 1.29 is 29.1 Å². The molecule has 1 aromatic rings. The number of alkyl carbamates (subject to hydrolysis) is 1. The molecule has 0 spiro atoms. The predicted molar refractivity (Wildman–Crippen MR) is 69.7 cm³/mol. The molecule has 9 nitrogen and oxygen atoms in total. The average molecular weight is 298 g/mol. The van der Waals surface area contributed by atoms with Gasteiger partial charge in [0.2, 0.25) is 0 Å². The smallest absolute Gasteiger partial charge is 0.407 e. The molecule has 1 aromatic carbocycles. The normalized spacial score (nSPS) is 9.90. The van der Waals surface area contributed by atoms with Crippen molar-refractivity contribution in [3.8, 4) is 0 Å². The summed E-state index contributed by atoms with van der Waals surface area (Å²) in [5.41, 5.74) is 0.566. The van der Waals surface area contributed by atoms with Gasteiger partial charge in [0.1, 0.15) is 13.2 Å². The van der Waals surface area contributed by atoms with Crippen molar-refractivity contribution in [1.82, 2.24) is 5.32 Å². The van der Waals surface area contributed by atoms with Gasteiger partial charge in [0.05, 0.1) is 11.5 Å². The van der Waals surface area contributed by atoms with Gasteiger partial charge >= 0.3 is 12.1 Å². The molecule has 0 bridgehead atoms. The molecule has 114 valence electrons. The summed E-state index contributed by atoms with van der Waals surface area (Å²) < 4.78 is 9.57. The van der Waals surface area contributed by atoms with Crippen LogP contribution in [0.25, 0.3) is 0 Å². The number of carbonyl (C=O) groups is 2. The molecule has 0 radical (unpaired) electrons. The Labute approximate surface area is 119 Å². The number of nitro benzene ring substituents is 1. The predicted octanol–water partition coefficient (Wildman–Crippen LogP) is 0.922. The second kappa shape index (κ2) is 8.48. The standard InChI is InChI=1S/C12H14N2O7/c15-11(16)8-20-6-5-13-12(17)21-7-9-1-3-10(4-2-9)14(18)19/h1-4H,5-8H2,(H,13,17)(H,15,16). The molecule has 0 aliphatic carbocycles. The molecule has 0 unspecified atom stereocenters. The Morgan fingerprint density at radius 3 is 2.52 bits per heavy atom. The second-order valence-corrected chi connectivity index (χ2v) is 3.87. The maximum absolute atomic E-state index is 11.3. The van der Waals surface area contributed by atoms with E-state index in [1.165, 1.54) is 24.3 Å². The van der Waals surface area contributed by atoms with E-state index in [2.05, 4.69) is 5.32 Å². The first-order valence-corrected chi connectivity index (χ1v) is 5.92. The zero-order valence-corrected chi connectivity index (χ0v) is 11.0. The number of nitrogens with one attached hydrogen (secondary N) is 1. The van der Waals surface area contributed by atoms with Crippen LogP contribution in [0.5, 0.6) is 0 Å². The van der Waals surface area contributed by atoms with E-state index in [0.717, 1.165) is 0 Å². The van der Waals surface area contributed by atoms with Crippen LogP contribution in [0, 0.1) is 10.1 Å². The lowest BCUT2D eigenvalue weighted by Crippen LogP contribution is -2.28. The van der Waals surface area contributed by atoms with Crippen LogP contribution in [-0.2, 0) is 20.9 Å². The van der Waals surface area contributed by atoms with Crippen molar-refractivity contribution in [2.45, 2.75) is 6.61 Å². The quantitative estimate of drug-likeness (QED) is 0.415. The summed E-state index contributed by atoms with van der Waals surface area (Å²) in [7, 11) is 0. The van der Waals surface area contributed by atoms with Crippen molar-refractivity contribution in [1.29, 1.82) is 0 Å². The number of ether oxygens (including phenoxy) is 2. The number of aliphatic carboxylic acids is 1. The van der Waals surface area contributed by atoms with Crippen LogP contribution in [0.2, 0.25) is 0 Å². The molecule has 2 N–H and O–H groups in total. The van der Waals surface area contributed by atoms with Crippen LogP contribution in [0.15, 0.2) is 24.3 Å². The lowest BCUT2D eigenvalue weighted by atomic mass is 10.2. The van der Waals surface area contributed by atoms with E-state index in [0.29, 0.717) is 5.56 Å². The molecule has 1 rings (SSSR count). The summed E-state index contributed by atoms with van der Waals surface area (Å²) in [6, 6.07) is 5.61. The number of amides is 1. The number of hydrogen-bond acceptors (Lipinski definition) is 6. The Morgan fingerprint density at radius 2 is 1.95 bits per heavy atom. The topological polar surface area (TPSA) is 128 Å². The number of carboxylic acids is 1. The summed E-state index contributed by atoms with van der Waals surface area (Å²) in [4.78, 5) is 31.4. The highest BCUT2D eigenvalue weighted by Gasteiger charge is 2.06. The zero-order chi connectivity index (χ0) is 15.7. The molecular weight excluding hydrogens is 284 g/mol. The second-order valence-electron chi connectivity index (χ2n) is 3.87. The average Bonchev–Trinajstić information content (AvgIpc) is 2.44. The monoisotopic (exact) mass is 298 g/mol. The SMILES string of the molecule is O=C(O)COCCNC(=O)OCc1ccc([N+](=O)[O-])cc1. The number of carbonyl (C=O) groups excluding carboxylic acids is 1. The minimum Gasteiger partial charge on any atom is -0.480 e. The van der Waals surface area contributed by atoms with Crippen molar-refractivity contribution in [3.63, 3.8) is 0 Å². The third kappa shape index (κ3) is 6.87. The molecule has 0 aliphatic rings. The highest BCUT2D eigenvalue weighted by molar-refractivity contribution is 5.68. The number of benzene rings is 1. The number of carboxylic acid groups (broad SMARTS) is 1. The molecule has 0 atom stereocenters. The first-order chi connectivity index (χ1) is 9.99. The van der Waals surface area contributed by atoms with Crippen molar-refractivity contribution in [2.24, 2.45) is 0 Å². The fraction of sp³-hybridized carbons (Fsp3) is 0.333. The van der Waals surface area contributed by atoms with Crippen LogP contribution < -0.4 is 5.32 Å². The Morgan fingerprint density at radius 1 is 1.29 bits per heavy atom. The first-order valence-electron chi connectivity index (χ1n) is 5.92. The molecule has 9 heteroatoms. The number of nitrogens with zero attached hydrogens (tertiary/aromatic N) is 1. The minimum absolute atomic E-state index is 0.0280. The van der Waals surface area contributed by atoms with Crippen LogP contribution in [0.3, 0.4) is 0 Å². The van der Waals surface area contributed by atoms with Crippen LogP contribution in [0.1, 0.15) is 5.56 Å². The number of non-ortho nitro benzene ring substituents is 1. The Kier molecular flexibility index (Phi) is 6.61. The molecule has 0 fully saturated rings. The molecule has 21 heavy (non-hydrogen) atoms. The van der Waals surface area contributed by atoms with E-state index in [1.807, 2.05) is 0 Å². The van der Waals surface area contributed by atoms with Gasteiger partial charge < -0.3 is 19.9 Å². The Bertz CT molecular complexity index is 501. The highest BCUT2D eigenvalue weighted by Crippen LogP contribution is 2.12. The zero-order valence-electron chi connectivity index (χ0n) is 11.0. The number of nitro groups is 1. The van der Waals surface area contributed by atoms with Gasteiger partial charge in [-0.1, -0.05) is 0 Å². The van der Waals surface area contributed by atoms with E-state index < -0.39 is 23.6 Å². The van der Waals surface area contributed by atoms with Crippen molar-refractivity contribution in [3.05, 3.63) is 39.9 Å². The largest absolute Gasteiger partial charge is 0.480 e. The molecule has 0 heterocycles. The van der Waals surface area contributed by atoms with Crippen LogP contribution >= 0.6 is 0 Å². The van der Waals surface area contributed by atoms with Gasteiger partial charge in [-0.3, -0.25) is 10.1 Å². The van der Waals surface area contributed by atoms with Gasteiger partial charge in [0.15, 0.2) is 0 Å². The summed E-state index contributed by atoms with van der Waals surface area (Å²) in [5, 5.41) is 21.1. The van der Waals surface area contributed by atoms with E-state index >= 15 is 0 Å².